The lowest BCUT2D eigenvalue weighted by molar-refractivity contribution is 0.0594. The van der Waals surface area contributed by atoms with Crippen LogP contribution >= 0.6 is 11.6 Å². The number of ether oxygens (including phenoxy) is 1. The molecule has 3 rings (SSSR count). The number of benzene rings is 1. The number of hydrogen-bond acceptors (Lipinski definition) is 5. The summed E-state index contributed by atoms with van der Waals surface area (Å²) in [7, 11) is 3.01. The Morgan fingerprint density at radius 1 is 1.33 bits per heavy atom. The number of hydrogen-bond donors (Lipinski definition) is 0. The number of aryl methyl sites for hydroxylation is 1. The van der Waals surface area contributed by atoms with Crippen LogP contribution in [0.2, 0.25) is 5.15 Å². The molecule has 0 unspecified atom stereocenters. The van der Waals surface area contributed by atoms with Gasteiger partial charge in [0, 0.05) is 18.0 Å². The van der Waals surface area contributed by atoms with Crippen LogP contribution < -0.4 is 0 Å². The SMILES string of the molecule is COC(=O)c1cc(-c2nnn(C)c2Cl)c2ccccc2n1. The number of fused-ring (bicyclic) bond motifs is 1. The van der Waals surface area contributed by atoms with Crippen molar-refractivity contribution in [3.05, 3.63) is 41.2 Å². The van der Waals surface area contributed by atoms with Crippen molar-refractivity contribution in [3.8, 4) is 11.3 Å². The quantitative estimate of drug-likeness (QED) is 0.680. The summed E-state index contributed by atoms with van der Waals surface area (Å²) in [5.41, 5.74) is 2.06. The molecule has 0 N–H and O–H groups in total. The van der Waals surface area contributed by atoms with Gasteiger partial charge < -0.3 is 4.74 Å². The molecule has 3 aromatic rings. The van der Waals surface area contributed by atoms with Crippen molar-refractivity contribution in [3.63, 3.8) is 0 Å². The molecule has 7 heteroatoms. The van der Waals surface area contributed by atoms with Crippen LogP contribution in [0.3, 0.4) is 0 Å². The Kier molecular flexibility index (Phi) is 3.31. The molecule has 0 radical (unpaired) electrons. The number of pyridine rings is 1. The van der Waals surface area contributed by atoms with Gasteiger partial charge in [-0.25, -0.2) is 14.5 Å². The molecule has 0 saturated carbocycles. The van der Waals surface area contributed by atoms with Gasteiger partial charge in [-0.15, -0.1) is 5.10 Å². The van der Waals surface area contributed by atoms with Crippen molar-refractivity contribution in [1.29, 1.82) is 0 Å². The second-order valence-electron chi connectivity index (χ2n) is 4.42. The predicted molar refractivity (Wildman–Crippen MR) is 78.1 cm³/mol. The Morgan fingerprint density at radius 2 is 2.10 bits per heavy atom. The second kappa shape index (κ2) is 5.14. The predicted octanol–water partition coefficient (Wildman–Crippen LogP) is 2.47. The minimum absolute atomic E-state index is 0.202. The van der Waals surface area contributed by atoms with Gasteiger partial charge in [0.2, 0.25) is 0 Å². The number of carbonyl (C=O) groups excluding carboxylic acids is 1. The first-order valence-corrected chi connectivity index (χ1v) is 6.53. The zero-order valence-corrected chi connectivity index (χ0v) is 12.1. The van der Waals surface area contributed by atoms with Crippen LogP contribution in [-0.2, 0) is 11.8 Å². The third kappa shape index (κ3) is 2.23. The van der Waals surface area contributed by atoms with Gasteiger partial charge in [0.1, 0.15) is 11.4 Å². The van der Waals surface area contributed by atoms with Crippen LogP contribution in [0.1, 0.15) is 10.5 Å². The number of halogens is 1. The number of para-hydroxylation sites is 1. The first kappa shape index (κ1) is 13.5. The molecular weight excluding hydrogens is 292 g/mol. The fraction of sp³-hybridized carbons (Fsp3) is 0.143. The van der Waals surface area contributed by atoms with E-state index in [-0.39, 0.29) is 5.69 Å². The standard InChI is InChI=1S/C14H11ClN4O2/c1-19-13(15)12(17-18-19)9-7-11(14(20)21-2)16-10-6-4-3-5-8(9)10/h3-7H,1-2H3. The molecule has 0 bridgehead atoms. The largest absolute Gasteiger partial charge is 0.464 e. The summed E-state index contributed by atoms with van der Waals surface area (Å²) in [6.07, 6.45) is 0. The van der Waals surface area contributed by atoms with E-state index in [2.05, 4.69) is 15.3 Å². The molecule has 0 amide bonds. The lowest BCUT2D eigenvalue weighted by Gasteiger charge is -2.07. The van der Waals surface area contributed by atoms with E-state index in [0.29, 0.717) is 21.9 Å². The first-order valence-electron chi connectivity index (χ1n) is 6.15. The van der Waals surface area contributed by atoms with Crippen LogP contribution in [0, 0.1) is 0 Å². The normalized spacial score (nSPS) is 10.8. The number of carbonyl (C=O) groups is 1. The number of esters is 1. The van der Waals surface area contributed by atoms with E-state index in [1.54, 1.807) is 13.1 Å². The zero-order valence-electron chi connectivity index (χ0n) is 11.4. The maximum atomic E-state index is 11.8. The minimum atomic E-state index is -0.512. The summed E-state index contributed by atoms with van der Waals surface area (Å²) in [4.78, 5) is 16.1. The molecule has 0 saturated heterocycles. The van der Waals surface area contributed by atoms with E-state index >= 15 is 0 Å². The number of rotatable bonds is 2. The Bertz CT molecular complexity index is 844. The highest BCUT2D eigenvalue weighted by molar-refractivity contribution is 6.32. The van der Waals surface area contributed by atoms with Gasteiger partial charge in [-0.1, -0.05) is 35.0 Å². The van der Waals surface area contributed by atoms with Gasteiger partial charge >= 0.3 is 5.97 Å². The lowest BCUT2D eigenvalue weighted by atomic mass is 10.1. The molecule has 1 aromatic carbocycles. The first-order chi connectivity index (χ1) is 10.1. The van der Waals surface area contributed by atoms with E-state index in [1.807, 2.05) is 24.3 Å². The summed E-state index contributed by atoms with van der Waals surface area (Å²) < 4.78 is 6.20. The van der Waals surface area contributed by atoms with Crippen molar-refractivity contribution in [2.45, 2.75) is 0 Å². The Hall–Kier alpha value is -2.47. The van der Waals surface area contributed by atoms with Gasteiger partial charge in [0.05, 0.1) is 12.6 Å². The maximum Gasteiger partial charge on any atom is 0.356 e. The summed E-state index contributed by atoms with van der Waals surface area (Å²) in [6.45, 7) is 0. The monoisotopic (exact) mass is 302 g/mol. The Morgan fingerprint density at radius 3 is 2.76 bits per heavy atom. The summed E-state index contributed by atoms with van der Waals surface area (Å²) >= 11 is 6.21. The van der Waals surface area contributed by atoms with Crippen molar-refractivity contribution in [1.82, 2.24) is 20.0 Å². The van der Waals surface area contributed by atoms with Crippen LogP contribution in [0.5, 0.6) is 0 Å². The highest BCUT2D eigenvalue weighted by Gasteiger charge is 2.18. The molecule has 2 heterocycles. The molecular formula is C14H11ClN4O2. The average molecular weight is 303 g/mol. The fourth-order valence-electron chi connectivity index (χ4n) is 2.09. The average Bonchev–Trinajstić information content (AvgIpc) is 2.85. The van der Waals surface area contributed by atoms with Crippen LogP contribution in [0.25, 0.3) is 22.2 Å². The molecule has 2 aromatic heterocycles. The van der Waals surface area contributed by atoms with Crippen LogP contribution in [0.4, 0.5) is 0 Å². The molecule has 0 atom stereocenters. The van der Waals surface area contributed by atoms with E-state index in [4.69, 9.17) is 16.3 Å². The van der Waals surface area contributed by atoms with Crippen molar-refractivity contribution in [2.75, 3.05) is 7.11 Å². The number of aromatic nitrogens is 4. The molecule has 0 spiro atoms. The van der Waals surface area contributed by atoms with E-state index < -0.39 is 5.97 Å². The van der Waals surface area contributed by atoms with E-state index in [1.165, 1.54) is 11.8 Å². The maximum absolute atomic E-state index is 11.8. The molecule has 0 fully saturated rings. The van der Waals surface area contributed by atoms with Gasteiger partial charge in [-0.05, 0) is 12.1 Å². The molecule has 0 aliphatic rings. The van der Waals surface area contributed by atoms with Gasteiger partial charge in [0.25, 0.3) is 0 Å². The second-order valence-corrected chi connectivity index (χ2v) is 4.77. The summed E-state index contributed by atoms with van der Waals surface area (Å²) in [5.74, 6) is -0.512. The van der Waals surface area contributed by atoms with Crippen LogP contribution in [-0.4, -0.2) is 33.1 Å². The highest BCUT2D eigenvalue weighted by atomic mass is 35.5. The molecule has 0 aliphatic carbocycles. The summed E-state index contributed by atoms with van der Waals surface area (Å²) in [5, 5.41) is 9.19. The third-order valence-corrected chi connectivity index (χ3v) is 3.55. The highest BCUT2D eigenvalue weighted by Crippen LogP contribution is 2.31. The molecule has 21 heavy (non-hydrogen) atoms. The van der Waals surface area contributed by atoms with E-state index in [9.17, 15) is 4.79 Å². The Balaban J connectivity index is 2.34. The molecule has 0 aliphatic heterocycles. The summed E-state index contributed by atoms with van der Waals surface area (Å²) in [6, 6.07) is 9.05. The number of nitrogens with zero attached hydrogens (tertiary/aromatic N) is 4. The molecule has 106 valence electrons. The lowest BCUT2D eigenvalue weighted by Crippen LogP contribution is -2.05. The van der Waals surface area contributed by atoms with Crippen LogP contribution in [0.15, 0.2) is 30.3 Å². The zero-order chi connectivity index (χ0) is 15.0. The Labute approximate surface area is 125 Å². The van der Waals surface area contributed by atoms with Gasteiger partial charge in [0.15, 0.2) is 5.15 Å². The topological polar surface area (TPSA) is 69.9 Å². The smallest absolute Gasteiger partial charge is 0.356 e. The van der Waals surface area contributed by atoms with Crippen molar-refractivity contribution >= 4 is 28.5 Å². The number of methoxy groups -OCH3 is 1. The third-order valence-electron chi connectivity index (χ3n) is 3.12. The van der Waals surface area contributed by atoms with Crippen molar-refractivity contribution < 1.29 is 9.53 Å². The van der Waals surface area contributed by atoms with Gasteiger partial charge in [-0.3, -0.25) is 0 Å². The minimum Gasteiger partial charge on any atom is -0.464 e. The van der Waals surface area contributed by atoms with E-state index in [0.717, 1.165) is 5.39 Å². The molecule has 6 nitrogen and oxygen atoms in total. The van der Waals surface area contributed by atoms with Crippen molar-refractivity contribution in [2.24, 2.45) is 7.05 Å². The van der Waals surface area contributed by atoms with Gasteiger partial charge in [-0.2, -0.15) is 0 Å². The fourth-order valence-corrected chi connectivity index (χ4v) is 2.26.